The lowest BCUT2D eigenvalue weighted by atomic mass is 10.2. The molecular formula is C8H4BrF2NOS. The van der Waals surface area contributed by atoms with Gasteiger partial charge in [0.2, 0.25) is 4.67 Å². The van der Waals surface area contributed by atoms with Crippen LogP contribution in [0.5, 0.6) is 0 Å². The van der Waals surface area contributed by atoms with Crippen LogP contribution >= 0.6 is 27.3 Å². The van der Waals surface area contributed by atoms with Gasteiger partial charge in [-0.2, -0.15) is 0 Å². The van der Waals surface area contributed by atoms with E-state index in [4.69, 9.17) is 0 Å². The molecule has 0 saturated heterocycles. The smallest absolute Gasteiger partial charge is 0.270 e. The van der Waals surface area contributed by atoms with Crippen LogP contribution in [0.1, 0.15) is 12.0 Å². The van der Waals surface area contributed by atoms with Crippen molar-refractivity contribution in [3.8, 4) is 10.6 Å². The Morgan fingerprint density at radius 2 is 2.29 bits per heavy atom. The molecule has 2 aromatic heterocycles. The summed E-state index contributed by atoms with van der Waals surface area (Å²) in [6, 6.07) is 3.50. The number of nitrogens with zero attached hydrogens (tertiary/aromatic N) is 1. The summed E-state index contributed by atoms with van der Waals surface area (Å²) >= 11 is 4.24. The molecule has 2 nitrogen and oxygen atoms in total. The van der Waals surface area contributed by atoms with Gasteiger partial charge in [-0.05, 0) is 27.4 Å². The molecule has 0 bridgehead atoms. The Kier molecular flexibility index (Phi) is 2.64. The van der Waals surface area contributed by atoms with Gasteiger partial charge < -0.3 is 4.52 Å². The summed E-state index contributed by atoms with van der Waals surface area (Å²) in [5.41, 5.74) is 0.0225. The van der Waals surface area contributed by atoms with Gasteiger partial charge in [-0.15, -0.1) is 11.3 Å². The number of aromatic nitrogens is 1. The standard InChI is InChI=1S/C8H4BrF2NOS/c9-7-5(8(10)11)6(12-13-7)4-2-1-3-14-4/h1-3,8H. The van der Waals surface area contributed by atoms with Crippen molar-refractivity contribution in [1.29, 1.82) is 0 Å². The van der Waals surface area contributed by atoms with Crippen LogP contribution in [0.15, 0.2) is 26.7 Å². The predicted molar refractivity (Wildman–Crippen MR) is 52.5 cm³/mol. The van der Waals surface area contributed by atoms with Crippen molar-refractivity contribution in [1.82, 2.24) is 5.16 Å². The van der Waals surface area contributed by atoms with Crippen molar-refractivity contribution in [2.75, 3.05) is 0 Å². The molecule has 2 rings (SSSR count). The molecule has 0 spiro atoms. The highest BCUT2D eigenvalue weighted by Gasteiger charge is 2.24. The van der Waals surface area contributed by atoms with Crippen LogP contribution in [0.25, 0.3) is 10.6 Å². The van der Waals surface area contributed by atoms with Crippen LogP contribution in [-0.4, -0.2) is 5.16 Å². The Labute approximate surface area is 90.7 Å². The largest absolute Gasteiger partial charge is 0.348 e. The Bertz CT molecular complexity index is 426. The maximum atomic E-state index is 12.6. The van der Waals surface area contributed by atoms with E-state index in [-0.39, 0.29) is 15.9 Å². The molecular weight excluding hydrogens is 276 g/mol. The summed E-state index contributed by atoms with van der Waals surface area (Å²) in [5, 5.41) is 5.39. The van der Waals surface area contributed by atoms with Crippen LogP contribution < -0.4 is 0 Å². The molecule has 0 aliphatic carbocycles. The van der Waals surface area contributed by atoms with E-state index in [1.165, 1.54) is 11.3 Å². The molecule has 0 atom stereocenters. The second kappa shape index (κ2) is 3.78. The Hall–Kier alpha value is -0.750. The van der Waals surface area contributed by atoms with Gasteiger partial charge in [-0.1, -0.05) is 11.2 Å². The van der Waals surface area contributed by atoms with Gasteiger partial charge in [-0.25, -0.2) is 8.78 Å². The average molecular weight is 280 g/mol. The lowest BCUT2D eigenvalue weighted by Gasteiger charge is -1.96. The first kappa shape index (κ1) is 9.79. The fourth-order valence-corrected chi connectivity index (χ4v) is 2.21. The minimum Gasteiger partial charge on any atom is -0.348 e. The fraction of sp³-hybridized carbons (Fsp3) is 0.125. The lowest BCUT2D eigenvalue weighted by Crippen LogP contribution is -1.85. The van der Waals surface area contributed by atoms with Gasteiger partial charge >= 0.3 is 0 Å². The highest BCUT2D eigenvalue weighted by atomic mass is 79.9. The SMILES string of the molecule is FC(F)c1c(-c2cccs2)noc1Br. The molecule has 74 valence electrons. The van der Waals surface area contributed by atoms with E-state index >= 15 is 0 Å². The molecule has 0 aliphatic rings. The van der Waals surface area contributed by atoms with Crippen molar-refractivity contribution < 1.29 is 13.3 Å². The Balaban J connectivity index is 2.54. The highest BCUT2D eigenvalue weighted by Crippen LogP contribution is 2.37. The zero-order chi connectivity index (χ0) is 10.1. The molecule has 0 unspecified atom stereocenters. The van der Waals surface area contributed by atoms with Gasteiger partial charge in [0.1, 0.15) is 11.3 Å². The molecule has 0 amide bonds. The second-order valence-electron chi connectivity index (χ2n) is 2.50. The van der Waals surface area contributed by atoms with Crippen LogP contribution in [0, 0.1) is 0 Å². The topological polar surface area (TPSA) is 26.0 Å². The third kappa shape index (κ3) is 1.59. The first-order chi connectivity index (χ1) is 6.70. The Morgan fingerprint density at radius 3 is 2.86 bits per heavy atom. The molecule has 2 heterocycles. The van der Waals surface area contributed by atoms with Gasteiger partial charge in [0.15, 0.2) is 0 Å². The summed E-state index contributed by atoms with van der Waals surface area (Å²) in [6.07, 6.45) is -2.59. The van der Waals surface area contributed by atoms with Gasteiger partial charge in [-0.3, -0.25) is 0 Å². The van der Waals surface area contributed by atoms with Crippen LogP contribution in [-0.2, 0) is 0 Å². The minimum absolute atomic E-state index is 0.00380. The summed E-state index contributed by atoms with van der Waals surface area (Å²) in [6.45, 7) is 0. The molecule has 2 aromatic rings. The summed E-state index contributed by atoms with van der Waals surface area (Å²) in [7, 11) is 0. The number of hydrogen-bond acceptors (Lipinski definition) is 3. The zero-order valence-corrected chi connectivity index (χ0v) is 9.11. The van der Waals surface area contributed by atoms with Crippen molar-refractivity contribution in [3.63, 3.8) is 0 Å². The summed E-state index contributed by atoms with van der Waals surface area (Å²) < 4.78 is 29.8. The van der Waals surface area contributed by atoms with Crippen LogP contribution in [0.3, 0.4) is 0 Å². The van der Waals surface area contributed by atoms with E-state index in [1.54, 1.807) is 17.5 Å². The van der Waals surface area contributed by atoms with E-state index in [0.717, 1.165) is 0 Å². The number of rotatable bonds is 2. The van der Waals surface area contributed by atoms with Gasteiger partial charge in [0.05, 0.1) is 4.88 Å². The molecule has 0 aliphatic heterocycles. The zero-order valence-electron chi connectivity index (χ0n) is 6.71. The molecule has 6 heteroatoms. The average Bonchev–Trinajstić information content (AvgIpc) is 2.70. The summed E-state index contributed by atoms with van der Waals surface area (Å²) in [5.74, 6) is 0. The molecule has 0 aromatic carbocycles. The molecule has 14 heavy (non-hydrogen) atoms. The number of hydrogen-bond donors (Lipinski definition) is 0. The quantitative estimate of drug-likeness (QED) is 0.827. The van der Waals surface area contributed by atoms with E-state index < -0.39 is 6.43 Å². The van der Waals surface area contributed by atoms with Crippen molar-refractivity contribution >= 4 is 27.3 Å². The number of alkyl halides is 2. The molecule has 0 N–H and O–H groups in total. The normalized spacial score (nSPS) is 11.1. The monoisotopic (exact) mass is 279 g/mol. The van der Waals surface area contributed by atoms with E-state index in [1.807, 2.05) is 0 Å². The fourth-order valence-electron chi connectivity index (χ4n) is 1.06. The third-order valence-corrected chi connectivity index (χ3v) is 3.11. The first-order valence-electron chi connectivity index (χ1n) is 3.67. The molecule has 0 radical (unpaired) electrons. The van der Waals surface area contributed by atoms with Gasteiger partial charge in [0.25, 0.3) is 6.43 Å². The van der Waals surface area contributed by atoms with E-state index in [2.05, 4.69) is 25.6 Å². The maximum absolute atomic E-state index is 12.6. The third-order valence-electron chi connectivity index (χ3n) is 1.66. The lowest BCUT2D eigenvalue weighted by molar-refractivity contribution is 0.149. The minimum atomic E-state index is -2.59. The van der Waals surface area contributed by atoms with Gasteiger partial charge in [0, 0.05) is 0 Å². The van der Waals surface area contributed by atoms with Crippen molar-refractivity contribution in [2.24, 2.45) is 0 Å². The number of thiophene rings is 1. The first-order valence-corrected chi connectivity index (χ1v) is 5.34. The van der Waals surface area contributed by atoms with Crippen molar-refractivity contribution in [3.05, 3.63) is 27.7 Å². The second-order valence-corrected chi connectivity index (χ2v) is 4.16. The Morgan fingerprint density at radius 1 is 1.50 bits per heavy atom. The van der Waals surface area contributed by atoms with E-state index in [9.17, 15) is 8.78 Å². The maximum Gasteiger partial charge on any atom is 0.270 e. The van der Waals surface area contributed by atoms with Crippen LogP contribution in [0.2, 0.25) is 0 Å². The number of halogens is 3. The molecule has 0 fully saturated rings. The van der Waals surface area contributed by atoms with E-state index in [0.29, 0.717) is 4.88 Å². The summed E-state index contributed by atoms with van der Waals surface area (Å²) in [4.78, 5) is 0.676. The van der Waals surface area contributed by atoms with Crippen LogP contribution in [0.4, 0.5) is 8.78 Å². The van der Waals surface area contributed by atoms with Crippen molar-refractivity contribution in [2.45, 2.75) is 6.43 Å². The predicted octanol–water partition coefficient (Wildman–Crippen LogP) is 4.10. The highest BCUT2D eigenvalue weighted by molar-refractivity contribution is 9.10. The molecule has 0 saturated carbocycles.